The molecule has 0 saturated carbocycles. The average Bonchev–Trinajstić information content (AvgIpc) is 3.30. The zero-order valence-corrected chi connectivity index (χ0v) is 24.1. The van der Waals surface area contributed by atoms with Gasteiger partial charge in [0.15, 0.2) is 0 Å². The number of anilines is 1. The molecule has 0 atom stereocenters. The van der Waals surface area contributed by atoms with E-state index in [2.05, 4.69) is 14.9 Å². The fraction of sp³-hybridized carbons (Fsp3) is 0.222. The van der Waals surface area contributed by atoms with Crippen molar-refractivity contribution >= 4 is 60.4 Å². The molecular weight excluding hydrogens is 609 g/mol. The van der Waals surface area contributed by atoms with Gasteiger partial charge >= 0.3 is 6.18 Å². The summed E-state index contributed by atoms with van der Waals surface area (Å²) < 4.78 is 40.9. The van der Waals surface area contributed by atoms with E-state index in [4.69, 9.17) is 11.6 Å². The summed E-state index contributed by atoms with van der Waals surface area (Å²) in [5, 5.41) is 0.585. The molecule has 1 amide bonds. The lowest BCUT2D eigenvalue weighted by Gasteiger charge is -2.34. The molecule has 2 aromatic carbocycles. The lowest BCUT2D eigenvalue weighted by molar-refractivity contribution is -0.137. The molecule has 214 valence electrons. The van der Waals surface area contributed by atoms with E-state index in [1.165, 1.54) is 12.1 Å². The van der Waals surface area contributed by atoms with Crippen LogP contribution in [0.3, 0.4) is 0 Å². The van der Waals surface area contributed by atoms with E-state index in [1.54, 1.807) is 41.8 Å². The third-order valence-electron chi connectivity index (χ3n) is 6.34. The summed E-state index contributed by atoms with van der Waals surface area (Å²) in [5.74, 6) is -0.00565. The number of piperazine rings is 1. The van der Waals surface area contributed by atoms with Gasteiger partial charge in [-0.3, -0.25) is 14.7 Å². The van der Waals surface area contributed by atoms with Crippen LogP contribution in [0, 0.1) is 0 Å². The molecule has 0 radical (unpaired) electrons. The van der Waals surface area contributed by atoms with Gasteiger partial charge in [-0.1, -0.05) is 35.9 Å². The molecule has 6 nitrogen and oxygen atoms in total. The first-order valence-electron chi connectivity index (χ1n) is 11.7. The molecule has 1 aliphatic rings. The SMILES string of the molecule is Cl.Cl.Cl.O=C1CN(Cc2cncn2Cc2ncccc2-c2ccc(C(F)(F)F)cc2)CCN1c1cccc(Cl)c1. The molecular formula is C27H26Cl4F3N5O. The first-order chi connectivity index (χ1) is 17.8. The number of halogens is 7. The second-order valence-corrected chi connectivity index (χ2v) is 9.26. The zero-order valence-electron chi connectivity index (χ0n) is 20.9. The van der Waals surface area contributed by atoms with Gasteiger partial charge in [-0.05, 0) is 42.0 Å². The smallest absolute Gasteiger partial charge is 0.327 e. The lowest BCUT2D eigenvalue weighted by Crippen LogP contribution is -2.50. The largest absolute Gasteiger partial charge is 0.416 e. The summed E-state index contributed by atoms with van der Waals surface area (Å²) in [6.45, 7) is 2.41. The van der Waals surface area contributed by atoms with Gasteiger partial charge in [0, 0.05) is 48.3 Å². The number of rotatable bonds is 6. The molecule has 0 unspecified atom stereocenters. The van der Waals surface area contributed by atoms with Crippen molar-refractivity contribution in [1.29, 1.82) is 0 Å². The van der Waals surface area contributed by atoms with Crippen LogP contribution in [0.4, 0.5) is 18.9 Å². The number of alkyl halides is 3. The summed E-state index contributed by atoms with van der Waals surface area (Å²) in [7, 11) is 0. The van der Waals surface area contributed by atoms with E-state index in [0.717, 1.165) is 29.1 Å². The zero-order chi connectivity index (χ0) is 26.0. The maximum Gasteiger partial charge on any atom is 0.416 e. The molecule has 3 heterocycles. The number of aromatic nitrogens is 3. The second kappa shape index (κ2) is 14.2. The molecule has 0 N–H and O–H groups in total. The van der Waals surface area contributed by atoms with Gasteiger partial charge in [0.25, 0.3) is 0 Å². The third kappa shape index (κ3) is 7.67. The highest BCUT2D eigenvalue weighted by atomic mass is 35.5. The van der Waals surface area contributed by atoms with E-state index in [1.807, 2.05) is 22.8 Å². The average molecular weight is 635 g/mol. The molecule has 4 aromatic rings. The Morgan fingerprint density at radius 3 is 2.35 bits per heavy atom. The Morgan fingerprint density at radius 2 is 1.68 bits per heavy atom. The summed E-state index contributed by atoms with van der Waals surface area (Å²) in [4.78, 5) is 25.4. The summed E-state index contributed by atoms with van der Waals surface area (Å²) >= 11 is 6.09. The van der Waals surface area contributed by atoms with Crippen molar-refractivity contribution in [3.05, 3.63) is 101 Å². The topological polar surface area (TPSA) is 54.3 Å². The highest BCUT2D eigenvalue weighted by Gasteiger charge is 2.30. The number of benzene rings is 2. The minimum Gasteiger partial charge on any atom is -0.327 e. The molecule has 13 heteroatoms. The molecule has 0 bridgehead atoms. The van der Waals surface area contributed by atoms with Crippen molar-refractivity contribution < 1.29 is 18.0 Å². The molecule has 5 rings (SSSR count). The van der Waals surface area contributed by atoms with Crippen LogP contribution < -0.4 is 4.90 Å². The normalized spacial score (nSPS) is 13.7. The van der Waals surface area contributed by atoms with Gasteiger partial charge in [0.1, 0.15) is 0 Å². The van der Waals surface area contributed by atoms with E-state index in [9.17, 15) is 18.0 Å². The molecule has 0 spiro atoms. The first kappa shape index (κ1) is 33.4. The van der Waals surface area contributed by atoms with Crippen molar-refractivity contribution in [1.82, 2.24) is 19.4 Å². The van der Waals surface area contributed by atoms with Gasteiger partial charge in [0.2, 0.25) is 5.91 Å². The number of amides is 1. The molecule has 0 aliphatic carbocycles. The molecule has 1 aliphatic heterocycles. The fourth-order valence-corrected chi connectivity index (χ4v) is 4.64. The highest BCUT2D eigenvalue weighted by molar-refractivity contribution is 6.30. The van der Waals surface area contributed by atoms with Gasteiger partial charge in [-0.15, -0.1) is 37.2 Å². The van der Waals surface area contributed by atoms with Crippen LogP contribution in [-0.4, -0.2) is 45.0 Å². The number of hydrogen-bond donors (Lipinski definition) is 0. The standard InChI is InChI=1S/C27H23ClF3N5O.3ClH/c28-21-3-1-4-22(13-21)36-12-11-34(17-26(36)37)15-23-14-32-18-35(23)16-25-24(5-2-10-33-25)19-6-8-20(9-7-19)27(29,30)31;;;/h1-10,13-14,18H,11-12,15-17H2;3*1H. The molecule has 2 aromatic heterocycles. The highest BCUT2D eigenvalue weighted by Crippen LogP contribution is 2.32. The van der Waals surface area contributed by atoms with Gasteiger partial charge in [0.05, 0.1) is 36.4 Å². The Labute approximate surface area is 253 Å². The Balaban J connectivity index is 0.00000187. The van der Waals surface area contributed by atoms with E-state index in [-0.39, 0.29) is 49.7 Å². The number of nitrogens with zero attached hydrogens (tertiary/aromatic N) is 5. The van der Waals surface area contributed by atoms with Crippen LogP contribution >= 0.6 is 48.8 Å². The van der Waals surface area contributed by atoms with Crippen LogP contribution in [0.1, 0.15) is 17.0 Å². The predicted octanol–water partition coefficient (Wildman–Crippen LogP) is 6.78. The van der Waals surface area contributed by atoms with Gasteiger partial charge in [-0.2, -0.15) is 13.2 Å². The molecule has 1 fully saturated rings. The van der Waals surface area contributed by atoms with Crippen molar-refractivity contribution in [2.24, 2.45) is 0 Å². The van der Waals surface area contributed by atoms with Crippen molar-refractivity contribution in [3.63, 3.8) is 0 Å². The van der Waals surface area contributed by atoms with Crippen LogP contribution in [0.15, 0.2) is 79.4 Å². The minimum atomic E-state index is -4.39. The van der Waals surface area contributed by atoms with Crippen LogP contribution in [0.25, 0.3) is 11.1 Å². The van der Waals surface area contributed by atoms with Crippen LogP contribution in [-0.2, 0) is 24.1 Å². The van der Waals surface area contributed by atoms with Crippen molar-refractivity contribution in [2.75, 3.05) is 24.5 Å². The maximum absolute atomic E-state index is 13.0. The third-order valence-corrected chi connectivity index (χ3v) is 6.57. The van der Waals surface area contributed by atoms with Crippen LogP contribution in [0.2, 0.25) is 5.02 Å². The lowest BCUT2D eigenvalue weighted by atomic mass is 10.0. The quantitative estimate of drug-likeness (QED) is 0.235. The van der Waals surface area contributed by atoms with Crippen LogP contribution in [0.5, 0.6) is 0 Å². The number of carbonyl (C=O) groups excluding carboxylic acids is 1. The second-order valence-electron chi connectivity index (χ2n) is 8.82. The number of imidazole rings is 1. The Bertz CT molecular complexity index is 1420. The summed E-state index contributed by atoms with van der Waals surface area (Å²) in [6, 6.07) is 15.9. The van der Waals surface area contributed by atoms with E-state index < -0.39 is 11.7 Å². The number of pyridine rings is 1. The van der Waals surface area contributed by atoms with Crippen molar-refractivity contribution in [3.8, 4) is 11.1 Å². The monoisotopic (exact) mass is 633 g/mol. The molecule has 40 heavy (non-hydrogen) atoms. The van der Waals surface area contributed by atoms with Gasteiger partial charge < -0.3 is 9.47 Å². The van der Waals surface area contributed by atoms with Crippen molar-refractivity contribution in [2.45, 2.75) is 19.3 Å². The maximum atomic E-state index is 13.0. The number of carbonyl (C=O) groups is 1. The summed E-state index contributed by atoms with van der Waals surface area (Å²) in [6.07, 6.45) is 0.732. The Morgan fingerprint density at radius 1 is 0.925 bits per heavy atom. The fourth-order valence-electron chi connectivity index (χ4n) is 4.45. The van der Waals surface area contributed by atoms with Gasteiger partial charge in [-0.25, -0.2) is 4.98 Å². The minimum absolute atomic E-state index is 0. The summed E-state index contributed by atoms with van der Waals surface area (Å²) in [5.41, 5.74) is 3.12. The molecule has 1 saturated heterocycles. The van der Waals surface area contributed by atoms with E-state index >= 15 is 0 Å². The first-order valence-corrected chi connectivity index (χ1v) is 12.0. The Hall–Kier alpha value is -2.82. The van der Waals surface area contributed by atoms with E-state index in [0.29, 0.717) is 42.5 Å². The Kier molecular flexibility index (Phi) is 11.8. The number of hydrogen-bond acceptors (Lipinski definition) is 4. The predicted molar refractivity (Wildman–Crippen MR) is 157 cm³/mol.